The minimum absolute atomic E-state index is 0.304. The fourth-order valence-electron chi connectivity index (χ4n) is 2.48. The van der Waals surface area contributed by atoms with Crippen molar-refractivity contribution in [2.45, 2.75) is 38.9 Å². The third-order valence-electron chi connectivity index (χ3n) is 3.45. The number of ether oxygens (including phenoxy) is 1. The molecule has 1 heterocycles. The molecule has 0 saturated carbocycles. The number of fused-ring (bicyclic) bond motifs is 1. The smallest absolute Gasteiger partial charge is 0.124 e. The molecular weight excluding hydrogens is 258 g/mol. The van der Waals surface area contributed by atoms with Gasteiger partial charge in [-0.15, -0.1) is 11.3 Å². The minimum Gasteiger partial charge on any atom is -0.488 e. The number of nitrogens with zero attached hydrogens (tertiary/aromatic N) is 1. The van der Waals surface area contributed by atoms with Gasteiger partial charge in [-0.1, -0.05) is 6.07 Å². The number of rotatable bonds is 3. The number of aliphatic hydroxyl groups excluding tert-OH is 1. The van der Waals surface area contributed by atoms with Crippen LogP contribution in [-0.2, 0) is 13.0 Å². The summed E-state index contributed by atoms with van der Waals surface area (Å²) >= 11 is 1.66. The highest BCUT2D eigenvalue weighted by Crippen LogP contribution is 2.32. The predicted octanol–water partition coefficient (Wildman–Crippen LogP) is 3.40. The van der Waals surface area contributed by atoms with Gasteiger partial charge >= 0.3 is 0 Å². The van der Waals surface area contributed by atoms with Crippen LogP contribution in [0.1, 0.15) is 40.0 Å². The van der Waals surface area contributed by atoms with Crippen LogP contribution in [0.4, 0.5) is 0 Å². The van der Waals surface area contributed by atoms with E-state index in [0.717, 1.165) is 40.5 Å². The van der Waals surface area contributed by atoms with E-state index in [0.29, 0.717) is 6.61 Å². The van der Waals surface area contributed by atoms with Crippen molar-refractivity contribution < 1.29 is 9.84 Å². The lowest BCUT2D eigenvalue weighted by atomic mass is 9.89. The SMILES string of the molecule is Cc1ncc(COc2ccc3c(c2)CCCC3O)s1. The highest BCUT2D eigenvalue weighted by Gasteiger charge is 2.18. The van der Waals surface area contributed by atoms with Gasteiger partial charge in [0.2, 0.25) is 0 Å². The van der Waals surface area contributed by atoms with Crippen molar-refractivity contribution in [3.05, 3.63) is 45.4 Å². The van der Waals surface area contributed by atoms with E-state index in [2.05, 4.69) is 11.1 Å². The Balaban J connectivity index is 1.72. The van der Waals surface area contributed by atoms with Crippen LogP contribution in [0.15, 0.2) is 24.4 Å². The van der Waals surface area contributed by atoms with Crippen LogP contribution in [0.25, 0.3) is 0 Å². The van der Waals surface area contributed by atoms with Gasteiger partial charge in [0, 0.05) is 6.20 Å². The van der Waals surface area contributed by atoms with E-state index in [1.54, 1.807) is 11.3 Å². The van der Waals surface area contributed by atoms with Crippen LogP contribution in [0.3, 0.4) is 0 Å². The second-order valence-electron chi connectivity index (χ2n) is 4.90. The summed E-state index contributed by atoms with van der Waals surface area (Å²) in [5, 5.41) is 11.0. The van der Waals surface area contributed by atoms with E-state index in [1.165, 1.54) is 5.56 Å². The molecule has 0 fully saturated rings. The topological polar surface area (TPSA) is 42.4 Å². The molecule has 1 unspecified atom stereocenters. The number of hydrogen-bond acceptors (Lipinski definition) is 4. The first-order chi connectivity index (χ1) is 9.22. The van der Waals surface area contributed by atoms with Gasteiger partial charge < -0.3 is 9.84 Å². The molecule has 0 spiro atoms. The number of thiazole rings is 1. The lowest BCUT2D eigenvalue weighted by Crippen LogP contribution is -2.09. The maximum atomic E-state index is 9.92. The van der Waals surface area contributed by atoms with Gasteiger partial charge in [0.15, 0.2) is 0 Å². The number of hydrogen-bond donors (Lipinski definition) is 1. The third kappa shape index (κ3) is 2.80. The molecule has 3 rings (SSSR count). The first-order valence-electron chi connectivity index (χ1n) is 6.57. The molecule has 1 aromatic carbocycles. The summed E-state index contributed by atoms with van der Waals surface area (Å²) in [6.45, 7) is 2.56. The van der Waals surface area contributed by atoms with Crippen LogP contribution in [-0.4, -0.2) is 10.1 Å². The van der Waals surface area contributed by atoms with E-state index in [1.807, 2.05) is 25.3 Å². The maximum absolute atomic E-state index is 9.92. The van der Waals surface area contributed by atoms with Gasteiger partial charge in [-0.2, -0.15) is 0 Å². The molecule has 1 aromatic heterocycles. The van der Waals surface area contributed by atoms with Crippen LogP contribution in [0.2, 0.25) is 0 Å². The minimum atomic E-state index is -0.304. The fraction of sp³-hybridized carbons (Fsp3) is 0.400. The molecule has 4 heteroatoms. The number of aliphatic hydroxyl groups is 1. The molecule has 1 aliphatic rings. The molecule has 3 nitrogen and oxygen atoms in total. The normalized spacial score (nSPS) is 18.1. The zero-order valence-corrected chi connectivity index (χ0v) is 11.7. The molecule has 1 aliphatic carbocycles. The second kappa shape index (κ2) is 5.31. The number of aromatic nitrogens is 1. The Hall–Kier alpha value is -1.39. The van der Waals surface area contributed by atoms with Crippen LogP contribution in [0, 0.1) is 6.92 Å². The number of benzene rings is 1. The van der Waals surface area contributed by atoms with Crippen molar-refractivity contribution in [1.82, 2.24) is 4.98 Å². The van der Waals surface area contributed by atoms with Gasteiger partial charge in [-0.3, -0.25) is 0 Å². The first-order valence-corrected chi connectivity index (χ1v) is 7.39. The van der Waals surface area contributed by atoms with Crippen molar-refractivity contribution in [2.75, 3.05) is 0 Å². The van der Waals surface area contributed by atoms with Crippen molar-refractivity contribution in [3.8, 4) is 5.75 Å². The van der Waals surface area contributed by atoms with E-state index < -0.39 is 0 Å². The summed E-state index contributed by atoms with van der Waals surface area (Å²) in [7, 11) is 0. The average Bonchev–Trinajstić information content (AvgIpc) is 2.82. The highest BCUT2D eigenvalue weighted by molar-refractivity contribution is 7.11. The summed E-state index contributed by atoms with van der Waals surface area (Å²) in [4.78, 5) is 5.35. The van der Waals surface area contributed by atoms with Crippen LogP contribution < -0.4 is 4.74 Å². The molecule has 0 radical (unpaired) electrons. The molecule has 1 atom stereocenters. The molecule has 1 N–H and O–H groups in total. The van der Waals surface area contributed by atoms with Crippen LogP contribution in [0.5, 0.6) is 5.75 Å². The van der Waals surface area contributed by atoms with Crippen molar-refractivity contribution in [1.29, 1.82) is 0 Å². The molecule has 0 saturated heterocycles. The Morgan fingerprint density at radius 2 is 2.37 bits per heavy atom. The highest BCUT2D eigenvalue weighted by atomic mass is 32.1. The molecule has 19 heavy (non-hydrogen) atoms. The van der Waals surface area contributed by atoms with Gasteiger partial charge in [0.25, 0.3) is 0 Å². The summed E-state index contributed by atoms with van der Waals surface area (Å²) in [5.41, 5.74) is 2.28. The van der Waals surface area contributed by atoms with Gasteiger partial charge in [-0.05, 0) is 49.4 Å². The molecule has 100 valence electrons. The first kappa shape index (κ1) is 12.6. The summed E-state index contributed by atoms with van der Waals surface area (Å²) in [6.07, 6.45) is 4.51. The van der Waals surface area contributed by atoms with Crippen molar-refractivity contribution >= 4 is 11.3 Å². The predicted molar refractivity (Wildman–Crippen MR) is 75.5 cm³/mol. The molecule has 0 bridgehead atoms. The maximum Gasteiger partial charge on any atom is 0.124 e. The van der Waals surface area contributed by atoms with E-state index in [-0.39, 0.29) is 6.10 Å². The summed E-state index contributed by atoms with van der Waals surface area (Å²) in [6, 6.07) is 6.00. The van der Waals surface area contributed by atoms with Crippen LogP contribution >= 0.6 is 11.3 Å². The number of aryl methyl sites for hydroxylation is 2. The molecule has 0 aliphatic heterocycles. The lowest BCUT2D eigenvalue weighted by molar-refractivity contribution is 0.156. The molecule has 0 amide bonds. The van der Waals surface area contributed by atoms with Gasteiger partial charge in [0.1, 0.15) is 12.4 Å². The Morgan fingerprint density at radius 3 is 3.16 bits per heavy atom. The second-order valence-corrected chi connectivity index (χ2v) is 6.22. The Kier molecular flexibility index (Phi) is 3.53. The molecule has 2 aromatic rings. The lowest BCUT2D eigenvalue weighted by Gasteiger charge is -2.21. The van der Waals surface area contributed by atoms with Gasteiger partial charge in [-0.25, -0.2) is 4.98 Å². The van der Waals surface area contributed by atoms with Crippen molar-refractivity contribution in [3.63, 3.8) is 0 Å². The van der Waals surface area contributed by atoms with E-state index in [4.69, 9.17) is 4.74 Å². The fourth-order valence-corrected chi connectivity index (χ4v) is 3.19. The third-order valence-corrected chi connectivity index (χ3v) is 4.33. The standard InChI is InChI=1S/C15H17NO2S/c1-10-16-8-13(19-10)9-18-12-5-6-14-11(7-12)3-2-4-15(14)17/h5-8,15,17H,2-4,9H2,1H3. The monoisotopic (exact) mass is 275 g/mol. The van der Waals surface area contributed by atoms with E-state index in [9.17, 15) is 5.11 Å². The molecular formula is C15H17NO2S. The van der Waals surface area contributed by atoms with Crippen molar-refractivity contribution in [2.24, 2.45) is 0 Å². The average molecular weight is 275 g/mol. The van der Waals surface area contributed by atoms with E-state index >= 15 is 0 Å². The Morgan fingerprint density at radius 1 is 1.47 bits per heavy atom. The largest absolute Gasteiger partial charge is 0.488 e. The van der Waals surface area contributed by atoms with Gasteiger partial charge in [0.05, 0.1) is 16.0 Å². The summed E-state index contributed by atoms with van der Waals surface area (Å²) < 4.78 is 5.80. The zero-order chi connectivity index (χ0) is 13.2. The zero-order valence-electron chi connectivity index (χ0n) is 10.9. The summed E-state index contributed by atoms with van der Waals surface area (Å²) in [5.74, 6) is 0.874. The Labute approximate surface area is 116 Å². The quantitative estimate of drug-likeness (QED) is 0.933. The Bertz CT molecular complexity index is 579.